The number of fused-ring (bicyclic) bond motifs is 1. The summed E-state index contributed by atoms with van der Waals surface area (Å²) in [5, 5.41) is 6.91. The number of likely N-dealkylation sites (tertiary alicyclic amines) is 1. The molecule has 160 valence electrons. The Hall–Kier alpha value is -3.35. The summed E-state index contributed by atoms with van der Waals surface area (Å²) in [7, 11) is 0. The summed E-state index contributed by atoms with van der Waals surface area (Å²) in [5.41, 5.74) is 1.98. The van der Waals surface area contributed by atoms with Crippen molar-refractivity contribution in [1.82, 2.24) is 20.5 Å². The van der Waals surface area contributed by atoms with Crippen molar-refractivity contribution in [2.75, 3.05) is 19.6 Å². The molecule has 1 saturated heterocycles. The lowest BCUT2D eigenvalue weighted by Crippen LogP contribution is -2.45. The van der Waals surface area contributed by atoms with Crippen LogP contribution in [0.1, 0.15) is 35.4 Å². The van der Waals surface area contributed by atoms with E-state index in [0.717, 1.165) is 43.3 Å². The van der Waals surface area contributed by atoms with Crippen molar-refractivity contribution >= 4 is 22.9 Å². The Morgan fingerprint density at radius 2 is 1.94 bits per heavy atom. The fourth-order valence-corrected chi connectivity index (χ4v) is 4.67. The predicted octanol–water partition coefficient (Wildman–Crippen LogP) is 3.57. The van der Waals surface area contributed by atoms with Gasteiger partial charge in [-0.3, -0.25) is 9.78 Å². The van der Waals surface area contributed by atoms with E-state index in [1.54, 1.807) is 18.5 Å². The molecule has 7 nitrogen and oxygen atoms in total. The average Bonchev–Trinajstić information content (AvgIpc) is 3.28. The number of carbonyl (C=O) groups excluding carboxylic acids is 2. The number of rotatable bonds is 5. The highest BCUT2D eigenvalue weighted by atomic mass is 16.3. The minimum absolute atomic E-state index is 0.00332. The topological polar surface area (TPSA) is 87.5 Å². The first-order chi connectivity index (χ1) is 15.1. The average molecular weight is 418 g/mol. The Morgan fingerprint density at radius 1 is 1.13 bits per heavy atom. The zero-order valence-electron chi connectivity index (χ0n) is 17.3. The predicted molar refractivity (Wildman–Crippen MR) is 116 cm³/mol. The van der Waals surface area contributed by atoms with Gasteiger partial charge >= 0.3 is 6.03 Å². The highest BCUT2D eigenvalue weighted by molar-refractivity contribution is 5.95. The standard InChI is InChI=1S/C24H26N4O3/c29-22(20-12-18-6-9-25-16-21(18)31-20)26-15-19-13-24(19)7-10-28(11-8-24)23(30)27-14-17-4-2-1-3-5-17/h1-6,9,12,16,19H,7-8,10-11,13-15H2,(H,26,29)(H,27,30). The molecule has 1 spiro atoms. The number of furan rings is 1. The molecule has 5 rings (SSSR count). The number of nitrogens with one attached hydrogen (secondary N) is 2. The lowest BCUT2D eigenvalue weighted by molar-refractivity contribution is 0.0922. The van der Waals surface area contributed by atoms with Gasteiger partial charge in [0.1, 0.15) is 0 Å². The third-order valence-electron chi connectivity index (χ3n) is 6.75. The summed E-state index contributed by atoms with van der Waals surface area (Å²) >= 11 is 0. The van der Waals surface area contributed by atoms with Gasteiger partial charge < -0.3 is 20.0 Å². The zero-order chi connectivity index (χ0) is 21.3. The second-order valence-corrected chi connectivity index (χ2v) is 8.63. The summed E-state index contributed by atoms with van der Waals surface area (Å²) in [6.45, 7) is 2.73. The fraction of sp³-hybridized carbons (Fsp3) is 0.375. The molecule has 1 aromatic carbocycles. The van der Waals surface area contributed by atoms with Gasteiger partial charge in [0.25, 0.3) is 5.91 Å². The molecule has 1 aliphatic heterocycles. The van der Waals surface area contributed by atoms with Crippen molar-refractivity contribution in [1.29, 1.82) is 0 Å². The molecule has 1 saturated carbocycles. The van der Waals surface area contributed by atoms with Gasteiger partial charge in [-0.15, -0.1) is 0 Å². The number of aromatic nitrogens is 1. The third kappa shape index (κ3) is 4.13. The van der Waals surface area contributed by atoms with E-state index in [-0.39, 0.29) is 17.4 Å². The molecule has 1 unspecified atom stereocenters. The molecule has 1 aliphatic carbocycles. The largest absolute Gasteiger partial charge is 0.449 e. The zero-order valence-corrected chi connectivity index (χ0v) is 17.3. The number of nitrogens with zero attached hydrogens (tertiary/aromatic N) is 2. The number of piperidine rings is 1. The molecule has 0 bridgehead atoms. The minimum Gasteiger partial charge on any atom is -0.449 e. The van der Waals surface area contributed by atoms with E-state index in [2.05, 4.69) is 15.6 Å². The lowest BCUT2D eigenvalue weighted by Gasteiger charge is -2.33. The second-order valence-electron chi connectivity index (χ2n) is 8.63. The highest BCUT2D eigenvalue weighted by Crippen LogP contribution is 2.59. The number of hydrogen-bond donors (Lipinski definition) is 2. The molecule has 2 N–H and O–H groups in total. The summed E-state index contributed by atoms with van der Waals surface area (Å²) in [6.07, 6.45) is 6.38. The maximum Gasteiger partial charge on any atom is 0.317 e. The number of benzene rings is 1. The van der Waals surface area contributed by atoms with Gasteiger partial charge in [-0.2, -0.15) is 0 Å². The van der Waals surface area contributed by atoms with Gasteiger partial charge in [-0.1, -0.05) is 30.3 Å². The summed E-state index contributed by atoms with van der Waals surface area (Å²) in [4.78, 5) is 30.9. The smallest absolute Gasteiger partial charge is 0.317 e. The molecule has 3 aromatic rings. The van der Waals surface area contributed by atoms with E-state index in [1.807, 2.05) is 41.3 Å². The quantitative estimate of drug-likeness (QED) is 0.663. The van der Waals surface area contributed by atoms with Crippen LogP contribution in [-0.2, 0) is 6.54 Å². The normalized spacial score (nSPS) is 19.4. The van der Waals surface area contributed by atoms with Crippen LogP contribution in [0.5, 0.6) is 0 Å². The van der Waals surface area contributed by atoms with Crippen LogP contribution in [0.2, 0.25) is 0 Å². The van der Waals surface area contributed by atoms with Gasteiger partial charge in [-0.05, 0) is 48.3 Å². The van der Waals surface area contributed by atoms with Crippen molar-refractivity contribution < 1.29 is 14.0 Å². The van der Waals surface area contributed by atoms with Crippen molar-refractivity contribution in [2.45, 2.75) is 25.8 Å². The Kier molecular flexibility index (Phi) is 5.10. The third-order valence-corrected chi connectivity index (χ3v) is 6.75. The molecule has 3 heterocycles. The Bertz CT molecular complexity index is 1050. The highest BCUT2D eigenvalue weighted by Gasteiger charge is 2.54. The Labute approximate surface area is 180 Å². The van der Waals surface area contributed by atoms with Crippen LogP contribution in [0.25, 0.3) is 11.0 Å². The maximum atomic E-state index is 12.5. The SMILES string of the molecule is O=C(NCC1CC12CCN(C(=O)NCc1ccccc1)CC2)c1cc2ccncc2o1. The van der Waals surface area contributed by atoms with Crippen molar-refractivity contribution in [3.8, 4) is 0 Å². The van der Waals surface area contributed by atoms with E-state index in [9.17, 15) is 9.59 Å². The van der Waals surface area contributed by atoms with Gasteiger partial charge in [0.05, 0.1) is 6.20 Å². The molecule has 7 heteroatoms. The van der Waals surface area contributed by atoms with Gasteiger partial charge in [-0.25, -0.2) is 4.79 Å². The summed E-state index contributed by atoms with van der Waals surface area (Å²) < 4.78 is 5.59. The van der Waals surface area contributed by atoms with E-state index < -0.39 is 0 Å². The van der Waals surface area contributed by atoms with Crippen LogP contribution in [-0.4, -0.2) is 41.5 Å². The molecular formula is C24H26N4O3. The van der Waals surface area contributed by atoms with Gasteiger partial charge in [0, 0.05) is 37.8 Å². The Morgan fingerprint density at radius 3 is 2.71 bits per heavy atom. The van der Waals surface area contributed by atoms with Crippen molar-refractivity contribution in [2.24, 2.45) is 11.3 Å². The van der Waals surface area contributed by atoms with E-state index in [4.69, 9.17) is 4.42 Å². The van der Waals surface area contributed by atoms with Crippen LogP contribution in [0.3, 0.4) is 0 Å². The van der Waals surface area contributed by atoms with Crippen LogP contribution < -0.4 is 10.6 Å². The second kappa shape index (κ2) is 8.06. The van der Waals surface area contributed by atoms with Crippen LogP contribution in [0.4, 0.5) is 4.79 Å². The molecular weight excluding hydrogens is 392 g/mol. The van der Waals surface area contributed by atoms with Crippen LogP contribution in [0, 0.1) is 11.3 Å². The van der Waals surface area contributed by atoms with Crippen LogP contribution in [0.15, 0.2) is 59.3 Å². The first-order valence-electron chi connectivity index (χ1n) is 10.8. The van der Waals surface area contributed by atoms with Crippen molar-refractivity contribution in [3.05, 3.63) is 66.2 Å². The molecule has 2 fully saturated rings. The molecule has 1 atom stereocenters. The molecule has 2 aromatic heterocycles. The summed E-state index contributed by atoms with van der Waals surface area (Å²) in [5.74, 6) is 0.607. The molecule has 31 heavy (non-hydrogen) atoms. The fourth-order valence-electron chi connectivity index (χ4n) is 4.67. The van der Waals surface area contributed by atoms with Crippen molar-refractivity contribution in [3.63, 3.8) is 0 Å². The van der Waals surface area contributed by atoms with E-state index >= 15 is 0 Å². The monoisotopic (exact) mass is 418 g/mol. The number of carbonyl (C=O) groups is 2. The Balaban J connectivity index is 1.07. The minimum atomic E-state index is -0.184. The molecule has 2 aliphatic rings. The molecule has 3 amide bonds. The first-order valence-corrected chi connectivity index (χ1v) is 10.8. The number of pyridine rings is 1. The van der Waals surface area contributed by atoms with Gasteiger partial charge in [0.15, 0.2) is 11.3 Å². The number of amides is 3. The summed E-state index contributed by atoms with van der Waals surface area (Å²) in [6, 6.07) is 13.5. The molecule has 0 radical (unpaired) electrons. The maximum absolute atomic E-state index is 12.5. The van der Waals surface area contributed by atoms with E-state index in [1.165, 1.54) is 0 Å². The van der Waals surface area contributed by atoms with Crippen LogP contribution >= 0.6 is 0 Å². The van der Waals surface area contributed by atoms with E-state index in [0.29, 0.717) is 30.4 Å². The first kappa shape index (κ1) is 19.6. The van der Waals surface area contributed by atoms with Gasteiger partial charge in [0.2, 0.25) is 0 Å². The lowest BCUT2D eigenvalue weighted by atomic mass is 9.91. The number of urea groups is 1. The number of hydrogen-bond acceptors (Lipinski definition) is 4.